The van der Waals surface area contributed by atoms with Gasteiger partial charge >= 0.3 is 5.97 Å². The maximum atomic E-state index is 12.7. The van der Waals surface area contributed by atoms with Crippen LogP contribution in [0.15, 0.2) is 41.8 Å². The lowest BCUT2D eigenvalue weighted by Crippen LogP contribution is -2.30. The second-order valence-electron chi connectivity index (χ2n) is 4.18. The molecule has 5 nitrogen and oxygen atoms in total. The number of nitrogens with one attached hydrogen (secondary N) is 1. The Bertz CT molecular complexity index is 613. The Morgan fingerprint density at radius 2 is 1.91 bits per heavy atom. The number of rotatable bonds is 7. The fraction of sp³-hybridized carbons (Fsp3) is 0.200. The van der Waals surface area contributed by atoms with Gasteiger partial charge in [-0.1, -0.05) is 6.07 Å². The fourth-order valence-corrected chi connectivity index (χ4v) is 2.18. The van der Waals surface area contributed by atoms with Gasteiger partial charge in [-0.2, -0.15) is 0 Å². The molecule has 0 aliphatic carbocycles. The predicted molar refractivity (Wildman–Crippen MR) is 79.5 cm³/mol. The molecule has 0 fully saturated rings. The zero-order valence-corrected chi connectivity index (χ0v) is 12.4. The predicted octanol–water partition coefficient (Wildman–Crippen LogP) is 2.24. The fourth-order valence-electron chi connectivity index (χ4n) is 1.54. The van der Waals surface area contributed by atoms with Crippen molar-refractivity contribution >= 4 is 23.2 Å². The summed E-state index contributed by atoms with van der Waals surface area (Å²) in [6.07, 6.45) is 0. The molecule has 0 saturated carbocycles. The summed E-state index contributed by atoms with van der Waals surface area (Å²) in [5.74, 6) is -0.717. The number of ether oxygens (including phenoxy) is 2. The zero-order valence-electron chi connectivity index (χ0n) is 11.6. The Kier molecular flexibility index (Phi) is 5.91. The average Bonchev–Trinajstić information content (AvgIpc) is 3.05. The first kappa shape index (κ1) is 16.0. The van der Waals surface area contributed by atoms with E-state index in [4.69, 9.17) is 9.47 Å². The Labute approximate surface area is 130 Å². The van der Waals surface area contributed by atoms with Gasteiger partial charge in [-0.25, -0.2) is 4.39 Å². The van der Waals surface area contributed by atoms with Crippen molar-refractivity contribution in [1.29, 1.82) is 0 Å². The average molecular weight is 323 g/mol. The van der Waals surface area contributed by atoms with Gasteiger partial charge in [0.1, 0.15) is 31.3 Å². The van der Waals surface area contributed by atoms with Gasteiger partial charge in [0.25, 0.3) is 5.91 Å². The number of carbonyl (C=O) groups is 2. The van der Waals surface area contributed by atoms with Gasteiger partial charge in [0.05, 0.1) is 4.88 Å². The van der Waals surface area contributed by atoms with E-state index in [0.717, 1.165) is 0 Å². The number of halogens is 1. The van der Waals surface area contributed by atoms with Crippen molar-refractivity contribution in [3.05, 3.63) is 52.5 Å². The third kappa shape index (κ3) is 5.17. The molecule has 1 heterocycles. The zero-order chi connectivity index (χ0) is 15.8. The van der Waals surface area contributed by atoms with E-state index in [1.54, 1.807) is 17.5 Å². The third-order valence-electron chi connectivity index (χ3n) is 2.57. The van der Waals surface area contributed by atoms with Crippen molar-refractivity contribution in [3.8, 4) is 5.75 Å². The summed E-state index contributed by atoms with van der Waals surface area (Å²) in [6.45, 7) is -0.00535. The minimum Gasteiger partial charge on any atom is -0.490 e. The van der Waals surface area contributed by atoms with Crippen LogP contribution in [-0.4, -0.2) is 31.6 Å². The highest BCUT2D eigenvalue weighted by atomic mass is 32.1. The van der Waals surface area contributed by atoms with Crippen molar-refractivity contribution in [3.63, 3.8) is 0 Å². The van der Waals surface area contributed by atoms with E-state index in [2.05, 4.69) is 5.32 Å². The van der Waals surface area contributed by atoms with E-state index in [1.165, 1.54) is 35.6 Å². The maximum absolute atomic E-state index is 12.7. The van der Waals surface area contributed by atoms with E-state index in [-0.39, 0.29) is 31.5 Å². The van der Waals surface area contributed by atoms with Gasteiger partial charge < -0.3 is 14.8 Å². The standard InChI is InChI=1S/C15H14FNO4S/c16-11-3-5-12(6-4-11)20-7-8-21-14(18)10-17-15(19)13-2-1-9-22-13/h1-6,9H,7-8,10H2,(H,17,19). The molecule has 22 heavy (non-hydrogen) atoms. The van der Waals surface area contributed by atoms with Crippen LogP contribution in [0.5, 0.6) is 5.75 Å². The second-order valence-corrected chi connectivity index (χ2v) is 5.13. The van der Waals surface area contributed by atoms with Gasteiger partial charge in [0, 0.05) is 0 Å². The number of hydrogen-bond donors (Lipinski definition) is 1. The van der Waals surface area contributed by atoms with Gasteiger partial charge in [-0.15, -0.1) is 11.3 Å². The molecule has 7 heteroatoms. The lowest BCUT2D eigenvalue weighted by Gasteiger charge is -2.08. The number of thiophene rings is 1. The molecule has 2 aromatic rings. The van der Waals surface area contributed by atoms with Crippen LogP contribution in [0.4, 0.5) is 4.39 Å². The van der Waals surface area contributed by atoms with Crippen LogP contribution < -0.4 is 10.1 Å². The molecule has 1 N–H and O–H groups in total. The van der Waals surface area contributed by atoms with Crippen molar-refractivity contribution in [2.45, 2.75) is 0 Å². The van der Waals surface area contributed by atoms with E-state index in [9.17, 15) is 14.0 Å². The molecule has 116 valence electrons. The molecule has 0 bridgehead atoms. The molecule has 0 saturated heterocycles. The van der Waals surface area contributed by atoms with Crippen LogP contribution in [-0.2, 0) is 9.53 Å². The summed E-state index contributed by atoms with van der Waals surface area (Å²) in [5, 5.41) is 4.24. The van der Waals surface area contributed by atoms with Crippen LogP contribution in [0.3, 0.4) is 0 Å². The summed E-state index contributed by atoms with van der Waals surface area (Å²) in [7, 11) is 0. The molecule has 1 aromatic carbocycles. The summed E-state index contributed by atoms with van der Waals surface area (Å²) in [4.78, 5) is 23.6. The summed E-state index contributed by atoms with van der Waals surface area (Å²) >= 11 is 1.29. The van der Waals surface area contributed by atoms with Crippen LogP contribution in [0, 0.1) is 5.82 Å². The highest BCUT2D eigenvalue weighted by Crippen LogP contribution is 2.10. The van der Waals surface area contributed by atoms with Gasteiger partial charge in [-0.3, -0.25) is 9.59 Å². The molecule has 0 atom stereocenters. The molecular formula is C15H14FNO4S. The topological polar surface area (TPSA) is 64.6 Å². The van der Waals surface area contributed by atoms with Crippen LogP contribution in [0.1, 0.15) is 9.67 Å². The Morgan fingerprint density at radius 3 is 2.59 bits per heavy atom. The number of amides is 1. The summed E-state index contributed by atoms with van der Waals surface area (Å²) in [6, 6.07) is 8.95. The molecule has 0 aliphatic rings. The first-order valence-corrected chi connectivity index (χ1v) is 7.39. The van der Waals surface area contributed by atoms with Crippen molar-refractivity contribution in [2.75, 3.05) is 19.8 Å². The van der Waals surface area contributed by atoms with E-state index < -0.39 is 5.97 Å². The third-order valence-corrected chi connectivity index (χ3v) is 3.44. The smallest absolute Gasteiger partial charge is 0.325 e. The summed E-state index contributed by atoms with van der Waals surface area (Å²) < 4.78 is 22.8. The summed E-state index contributed by atoms with van der Waals surface area (Å²) in [5.41, 5.74) is 0. The lowest BCUT2D eigenvalue weighted by molar-refractivity contribution is -0.143. The molecule has 0 spiro atoms. The molecule has 1 amide bonds. The van der Waals surface area contributed by atoms with Crippen molar-refractivity contribution in [1.82, 2.24) is 5.32 Å². The SMILES string of the molecule is O=C(CNC(=O)c1cccs1)OCCOc1ccc(F)cc1. The molecule has 0 radical (unpaired) electrons. The monoisotopic (exact) mass is 323 g/mol. The maximum Gasteiger partial charge on any atom is 0.325 e. The largest absolute Gasteiger partial charge is 0.490 e. The number of hydrogen-bond acceptors (Lipinski definition) is 5. The first-order valence-electron chi connectivity index (χ1n) is 6.51. The molecular weight excluding hydrogens is 309 g/mol. The van der Waals surface area contributed by atoms with Crippen LogP contribution in [0.25, 0.3) is 0 Å². The molecule has 2 rings (SSSR count). The van der Waals surface area contributed by atoms with Crippen molar-refractivity contribution < 1.29 is 23.5 Å². The second kappa shape index (κ2) is 8.14. The quantitative estimate of drug-likeness (QED) is 0.627. The van der Waals surface area contributed by atoms with E-state index >= 15 is 0 Å². The van der Waals surface area contributed by atoms with Crippen LogP contribution >= 0.6 is 11.3 Å². The van der Waals surface area contributed by atoms with Gasteiger partial charge in [-0.05, 0) is 35.7 Å². The lowest BCUT2D eigenvalue weighted by atomic mass is 10.3. The van der Waals surface area contributed by atoms with Crippen LogP contribution in [0.2, 0.25) is 0 Å². The minimum absolute atomic E-state index is 0.0467. The molecule has 1 aromatic heterocycles. The highest BCUT2D eigenvalue weighted by Gasteiger charge is 2.09. The minimum atomic E-state index is -0.549. The van der Waals surface area contributed by atoms with Gasteiger partial charge in [0.2, 0.25) is 0 Å². The Balaban J connectivity index is 1.59. The highest BCUT2D eigenvalue weighted by molar-refractivity contribution is 7.12. The number of benzene rings is 1. The number of esters is 1. The first-order chi connectivity index (χ1) is 10.6. The Morgan fingerprint density at radius 1 is 1.14 bits per heavy atom. The normalized spacial score (nSPS) is 10.0. The van der Waals surface area contributed by atoms with Crippen molar-refractivity contribution in [2.24, 2.45) is 0 Å². The Hall–Kier alpha value is -2.41. The molecule has 0 aliphatic heterocycles. The van der Waals surface area contributed by atoms with Gasteiger partial charge in [0.15, 0.2) is 0 Å². The number of carbonyl (C=O) groups excluding carboxylic acids is 2. The van der Waals surface area contributed by atoms with E-state index in [1.807, 2.05) is 0 Å². The molecule has 0 unspecified atom stereocenters. The van der Waals surface area contributed by atoms with E-state index in [0.29, 0.717) is 10.6 Å².